The van der Waals surface area contributed by atoms with Gasteiger partial charge in [-0.3, -0.25) is 4.79 Å². The molecule has 1 aliphatic heterocycles. The summed E-state index contributed by atoms with van der Waals surface area (Å²) in [7, 11) is 4.07. The van der Waals surface area contributed by atoms with E-state index in [4.69, 9.17) is 4.74 Å². The molecule has 1 amide bonds. The van der Waals surface area contributed by atoms with Gasteiger partial charge in [0.05, 0.1) is 0 Å². The third-order valence-corrected chi connectivity index (χ3v) is 4.41. The molecule has 1 atom stereocenters. The highest BCUT2D eigenvalue weighted by molar-refractivity contribution is 5.75. The highest BCUT2D eigenvalue weighted by atomic mass is 16.5. The van der Waals surface area contributed by atoms with E-state index in [0.29, 0.717) is 25.5 Å². The maximum Gasteiger partial charge on any atom is 0.220 e. The summed E-state index contributed by atoms with van der Waals surface area (Å²) in [5.74, 6) is 1.75. The molecule has 1 aliphatic rings. The molecule has 0 spiro atoms. The SMILES string of the molecule is CN(C)CCOc1ccc(CCNC(=O)CCC2CCNC2)cc1. The Kier molecular flexibility index (Phi) is 8.05. The first kappa shape index (κ1) is 18.7. The lowest BCUT2D eigenvalue weighted by Gasteiger charge is -2.11. The van der Waals surface area contributed by atoms with Crippen molar-refractivity contribution < 1.29 is 9.53 Å². The summed E-state index contributed by atoms with van der Waals surface area (Å²) in [5.41, 5.74) is 1.22. The largest absolute Gasteiger partial charge is 0.492 e. The van der Waals surface area contributed by atoms with Gasteiger partial charge in [-0.1, -0.05) is 12.1 Å². The second kappa shape index (κ2) is 10.3. The van der Waals surface area contributed by atoms with Crippen LogP contribution in [0, 0.1) is 5.92 Å². The maximum absolute atomic E-state index is 11.9. The van der Waals surface area contributed by atoms with Crippen LogP contribution in [-0.2, 0) is 11.2 Å². The van der Waals surface area contributed by atoms with Crippen molar-refractivity contribution in [1.82, 2.24) is 15.5 Å². The molecule has 1 saturated heterocycles. The van der Waals surface area contributed by atoms with Gasteiger partial charge in [0, 0.05) is 19.5 Å². The molecule has 0 radical (unpaired) electrons. The van der Waals surface area contributed by atoms with Crippen LogP contribution in [-0.4, -0.2) is 57.7 Å². The molecule has 2 N–H and O–H groups in total. The number of hydrogen-bond donors (Lipinski definition) is 2. The van der Waals surface area contributed by atoms with E-state index in [1.165, 1.54) is 12.0 Å². The van der Waals surface area contributed by atoms with Crippen molar-refractivity contribution in [3.63, 3.8) is 0 Å². The fourth-order valence-electron chi connectivity index (χ4n) is 2.83. The number of likely N-dealkylation sites (N-methyl/N-ethyl adjacent to an activating group) is 1. The predicted molar refractivity (Wildman–Crippen MR) is 97.4 cm³/mol. The number of rotatable bonds is 10. The molecule has 0 aromatic heterocycles. The van der Waals surface area contributed by atoms with Gasteiger partial charge >= 0.3 is 0 Å². The molecule has 1 fully saturated rings. The first-order chi connectivity index (χ1) is 11.6. The lowest BCUT2D eigenvalue weighted by atomic mass is 10.0. The Labute approximate surface area is 145 Å². The van der Waals surface area contributed by atoms with Crippen LogP contribution in [0.3, 0.4) is 0 Å². The number of carbonyl (C=O) groups excluding carboxylic acids is 1. The van der Waals surface area contributed by atoms with Crippen molar-refractivity contribution in [2.24, 2.45) is 5.92 Å². The Morgan fingerprint density at radius 1 is 1.33 bits per heavy atom. The third-order valence-electron chi connectivity index (χ3n) is 4.41. The summed E-state index contributed by atoms with van der Waals surface area (Å²) < 4.78 is 5.68. The number of benzene rings is 1. The minimum absolute atomic E-state index is 0.172. The highest BCUT2D eigenvalue weighted by Gasteiger charge is 2.15. The summed E-state index contributed by atoms with van der Waals surface area (Å²) >= 11 is 0. The van der Waals surface area contributed by atoms with Gasteiger partial charge in [0.1, 0.15) is 12.4 Å². The molecule has 24 heavy (non-hydrogen) atoms. The molecule has 5 heteroatoms. The van der Waals surface area contributed by atoms with Crippen molar-refractivity contribution in [3.05, 3.63) is 29.8 Å². The summed E-state index contributed by atoms with van der Waals surface area (Å²) in [4.78, 5) is 14.0. The zero-order valence-electron chi connectivity index (χ0n) is 15.0. The van der Waals surface area contributed by atoms with Crippen LogP contribution in [0.25, 0.3) is 0 Å². The molecule has 134 valence electrons. The van der Waals surface area contributed by atoms with Gasteiger partial charge in [-0.15, -0.1) is 0 Å². The predicted octanol–water partition coefficient (Wildman–Crippen LogP) is 1.68. The van der Waals surface area contributed by atoms with Gasteiger partial charge in [-0.25, -0.2) is 0 Å². The maximum atomic E-state index is 11.9. The Morgan fingerprint density at radius 2 is 2.12 bits per heavy atom. The van der Waals surface area contributed by atoms with E-state index >= 15 is 0 Å². The van der Waals surface area contributed by atoms with Gasteiger partial charge in [0.2, 0.25) is 5.91 Å². The van der Waals surface area contributed by atoms with Gasteiger partial charge < -0.3 is 20.3 Å². The number of ether oxygens (including phenoxy) is 1. The van der Waals surface area contributed by atoms with Crippen molar-refractivity contribution >= 4 is 5.91 Å². The molecule has 0 saturated carbocycles. The summed E-state index contributed by atoms with van der Waals surface area (Å²) in [5, 5.41) is 6.36. The van der Waals surface area contributed by atoms with Gasteiger partial charge in [-0.2, -0.15) is 0 Å². The third kappa shape index (κ3) is 7.32. The molecule has 1 unspecified atom stereocenters. The standard InChI is InChI=1S/C19H31N3O2/c1-22(2)13-14-24-18-6-3-16(4-7-18)10-12-21-19(23)8-5-17-9-11-20-15-17/h3-4,6-7,17,20H,5,8-15H2,1-2H3,(H,21,23). The van der Waals surface area contributed by atoms with Crippen LogP contribution in [0.15, 0.2) is 24.3 Å². The number of nitrogens with zero attached hydrogens (tertiary/aromatic N) is 1. The van der Waals surface area contributed by atoms with Crippen molar-refractivity contribution in [2.45, 2.75) is 25.7 Å². The summed E-state index contributed by atoms with van der Waals surface area (Å²) in [6, 6.07) is 8.14. The number of carbonyl (C=O) groups is 1. The molecular weight excluding hydrogens is 302 g/mol. The lowest BCUT2D eigenvalue weighted by molar-refractivity contribution is -0.121. The van der Waals surface area contributed by atoms with E-state index in [2.05, 4.69) is 27.7 Å². The molecule has 1 heterocycles. The van der Waals surface area contributed by atoms with Crippen molar-refractivity contribution in [1.29, 1.82) is 0 Å². The van der Waals surface area contributed by atoms with Crippen molar-refractivity contribution in [3.8, 4) is 5.75 Å². The van der Waals surface area contributed by atoms with Crippen LogP contribution in [0.2, 0.25) is 0 Å². The van der Waals surface area contributed by atoms with E-state index in [0.717, 1.165) is 38.2 Å². The fraction of sp³-hybridized carbons (Fsp3) is 0.632. The summed E-state index contributed by atoms with van der Waals surface area (Å²) in [6.07, 6.45) is 3.70. The Hall–Kier alpha value is -1.59. The molecule has 2 rings (SSSR count). The quantitative estimate of drug-likeness (QED) is 0.684. The minimum atomic E-state index is 0.172. The monoisotopic (exact) mass is 333 g/mol. The van der Waals surface area contributed by atoms with Crippen molar-refractivity contribution in [2.75, 3.05) is 46.9 Å². The Balaban J connectivity index is 1.58. The Morgan fingerprint density at radius 3 is 2.79 bits per heavy atom. The molecule has 5 nitrogen and oxygen atoms in total. The number of amides is 1. The molecule has 0 bridgehead atoms. The number of hydrogen-bond acceptors (Lipinski definition) is 4. The zero-order valence-corrected chi connectivity index (χ0v) is 15.0. The normalized spacial score (nSPS) is 17.2. The second-order valence-electron chi connectivity index (χ2n) is 6.79. The van der Waals surface area contributed by atoms with Crippen LogP contribution in [0.1, 0.15) is 24.8 Å². The smallest absolute Gasteiger partial charge is 0.220 e. The Bertz CT molecular complexity index is 482. The highest BCUT2D eigenvalue weighted by Crippen LogP contribution is 2.14. The van der Waals surface area contributed by atoms with Crippen LogP contribution < -0.4 is 15.4 Å². The summed E-state index contributed by atoms with van der Waals surface area (Å²) in [6.45, 7) is 4.46. The van der Waals surface area contributed by atoms with Crippen LogP contribution in [0.4, 0.5) is 0 Å². The van der Waals surface area contributed by atoms with Crippen LogP contribution >= 0.6 is 0 Å². The molecule has 1 aromatic carbocycles. The topological polar surface area (TPSA) is 53.6 Å². The number of nitrogens with one attached hydrogen (secondary N) is 2. The molecular formula is C19H31N3O2. The molecule has 0 aliphatic carbocycles. The fourth-order valence-corrected chi connectivity index (χ4v) is 2.83. The van der Waals surface area contributed by atoms with E-state index < -0.39 is 0 Å². The lowest BCUT2D eigenvalue weighted by Crippen LogP contribution is -2.26. The van der Waals surface area contributed by atoms with E-state index in [9.17, 15) is 4.79 Å². The first-order valence-corrected chi connectivity index (χ1v) is 8.97. The second-order valence-corrected chi connectivity index (χ2v) is 6.79. The minimum Gasteiger partial charge on any atom is -0.492 e. The average molecular weight is 333 g/mol. The average Bonchev–Trinajstić information content (AvgIpc) is 3.07. The first-order valence-electron chi connectivity index (χ1n) is 8.97. The van der Waals surface area contributed by atoms with Crippen LogP contribution in [0.5, 0.6) is 5.75 Å². The van der Waals surface area contributed by atoms with E-state index in [1.807, 2.05) is 26.2 Å². The van der Waals surface area contributed by atoms with E-state index in [1.54, 1.807) is 0 Å². The van der Waals surface area contributed by atoms with Gasteiger partial charge in [0.15, 0.2) is 0 Å². The van der Waals surface area contributed by atoms with Gasteiger partial charge in [0.25, 0.3) is 0 Å². The van der Waals surface area contributed by atoms with E-state index in [-0.39, 0.29) is 5.91 Å². The molecule has 1 aromatic rings. The zero-order chi connectivity index (χ0) is 17.2. The van der Waals surface area contributed by atoms with Gasteiger partial charge in [-0.05, 0) is 70.1 Å².